The number of carboxylic acid groups (broad SMARTS) is 1. The Morgan fingerprint density at radius 2 is 1.40 bits per heavy atom. The minimum Gasteiger partial charge on any atom is -0.480 e. The summed E-state index contributed by atoms with van der Waals surface area (Å²) in [6, 6.07) is 12.1. The first-order chi connectivity index (χ1) is 32.2. The number of nitrogens with one attached hydrogen (secondary N) is 3. The first kappa shape index (κ1) is 54.2. The highest BCUT2D eigenvalue weighted by molar-refractivity contribution is 6.47. The zero-order valence-corrected chi connectivity index (χ0v) is 41.3. The minimum atomic E-state index is -1.28. The van der Waals surface area contributed by atoms with Crippen LogP contribution in [0.4, 0.5) is 0 Å². The second-order valence-corrected chi connectivity index (χ2v) is 20.6. The Kier molecular flexibility index (Phi) is 19.3. The quantitative estimate of drug-likeness (QED) is 0.0328. The molecular weight excluding hydrogens is 865 g/mol. The zero-order chi connectivity index (χ0) is 49.9. The lowest BCUT2D eigenvalue weighted by molar-refractivity contribution is -0.199. The highest BCUT2D eigenvalue weighted by atomic mass is 16.7. The van der Waals surface area contributed by atoms with Crippen molar-refractivity contribution in [1.29, 1.82) is 0 Å². The molecule has 0 radical (unpaired) electrons. The Morgan fingerprint density at radius 3 is 2.00 bits per heavy atom. The lowest BCUT2D eigenvalue weighted by atomic mass is 9.43. The van der Waals surface area contributed by atoms with Gasteiger partial charge < -0.3 is 41.8 Å². The molecule has 8 N–H and O–H groups in total. The zero-order valence-electron chi connectivity index (χ0n) is 41.3. The van der Waals surface area contributed by atoms with E-state index in [9.17, 15) is 38.7 Å². The average molecular weight is 942 g/mol. The van der Waals surface area contributed by atoms with Crippen molar-refractivity contribution >= 4 is 48.2 Å². The maximum absolute atomic E-state index is 14.0. The molecule has 3 amide bonds. The lowest BCUT2D eigenvalue weighted by Crippen LogP contribution is -2.65. The van der Waals surface area contributed by atoms with Gasteiger partial charge in [-0.2, -0.15) is 0 Å². The van der Waals surface area contributed by atoms with Crippen LogP contribution in [0, 0.1) is 29.1 Å². The van der Waals surface area contributed by atoms with Gasteiger partial charge in [0.15, 0.2) is 17.3 Å². The van der Waals surface area contributed by atoms with Crippen LogP contribution < -0.4 is 27.4 Å². The molecule has 2 aromatic carbocycles. The summed E-state index contributed by atoms with van der Waals surface area (Å²) in [5.41, 5.74) is 15.1. The van der Waals surface area contributed by atoms with Gasteiger partial charge in [-0.25, -0.2) is 0 Å². The third-order valence-electron chi connectivity index (χ3n) is 15.1. The highest BCUT2D eigenvalue weighted by Gasteiger charge is 2.68. The second kappa shape index (κ2) is 24.2. The van der Waals surface area contributed by atoms with Crippen LogP contribution in [0.25, 0.3) is 11.1 Å². The third-order valence-corrected chi connectivity index (χ3v) is 15.1. The fourth-order valence-corrected chi connectivity index (χ4v) is 10.3. The number of rotatable bonds is 28. The van der Waals surface area contributed by atoms with E-state index in [0.29, 0.717) is 43.2 Å². The van der Waals surface area contributed by atoms with Crippen molar-refractivity contribution in [3.63, 3.8) is 0 Å². The van der Waals surface area contributed by atoms with Gasteiger partial charge in [-0.1, -0.05) is 89.6 Å². The van der Waals surface area contributed by atoms with Crippen molar-refractivity contribution in [1.82, 2.24) is 16.0 Å². The van der Waals surface area contributed by atoms with E-state index in [1.54, 1.807) is 19.1 Å². The molecule has 3 aliphatic carbocycles. The molecular formula is C52H76BN5O10. The number of Topliss-reactive ketones (excluding diaryl/α,β-unsaturated/α-hetero) is 3. The molecule has 6 rings (SSSR count). The number of amides is 3. The van der Waals surface area contributed by atoms with Crippen LogP contribution in [0.5, 0.6) is 0 Å². The molecule has 1 unspecified atom stereocenters. The molecule has 3 saturated carbocycles. The number of hydrogen-bond acceptors (Lipinski definition) is 11. The Morgan fingerprint density at radius 1 is 0.779 bits per heavy atom. The van der Waals surface area contributed by atoms with Gasteiger partial charge in [-0.05, 0) is 112 Å². The Labute approximate surface area is 402 Å². The number of benzene rings is 2. The number of carbonyl (C=O) groups is 7. The average Bonchev–Trinajstić information content (AvgIpc) is 3.68. The van der Waals surface area contributed by atoms with Gasteiger partial charge in [-0.15, -0.1) is 0 Å². The van der Waals surface area contributed by atoms with Crippen molar-refractivity contribution < 1.29 is 48.0 Å². The summed E-state index contributed by atoms with van der Waals surface area (Å²) >= 11 is 0. The highest BCUT2D eigenvalue weighted by Crippen LogP contribution is 2.66. The number of carbonyl (C=O) groups excluding carboxylic acids is 6. The van der Waals surface area contributed by atoms with E-state index in [-0.39, 0.29) is 67.6 Å². The molecule has 16 heteroatoms. The maximum atomic E-state index is 14.0. The van der Waals surface area contributed by atoms with Crippen molar-refractivity contribution in [2.75, 3.05) is 13.1 Å². The number of carboxylic acids is 1. The van der Waals surface area contributed by atoms with E-state index >= 15 is 0 Å². The molecule has 4 aliphatic rings. The van der Waals surface area contributed by atoms with Crippen LogP contribution in [0.2, 0.25) is 5.82 Å². The van der Waals surface area contributed by atoms with Crippen LogP contribution in [-0.4, -0.2) is 96.2 Å². The predicted molar refractivity (Wildman–Crippen MR) is 261 cm³/mol. The number of aryl methyl sites for hydroxylation is 1. The molecule has 2 aromatic rings. The van der Waals surface area contributed by atoms with Gasteiger partial charge in [-0.3, -0.25) is 33.6 Å². The number of nitrogens with two attached hydrogens (primary N) is 2. The normalized spacial score (nSPS) is 22.8. The van der Waals surface area contributed by atoms with E-state index in [2.05, 4.69) is 67.9 Å². The molecule has 4 fully saturated rings. The van der Waals surface area contributed by atoms with Crippen LogP contribution >= 0.6 is 0 Å². The van der Waals surface area contributed by atoms with E-state index in [1.165, 1.54) is 12.5 Å². The molecule has 0 spiro atoms. The van der Waals surface area contributed by atoms with Gasteiger partial charge in [0.05, 0.1) is 29.7 Å². The summed E-state index contributed by atoms with van der Waals surface area (Å²) in [4.78, 5) is 93.1. The number of ketones is 3. The Balaban J connectivity index is 1.21. The Bertz CT molecular complexity index is 2100. The smallest absolute Gasteiger partial charge is 0.461 e. The summed E-state index contributed by atoms with van der Waals surface area (Å²) in [7, 11) is -0.560. The summed E-state index contributed by atoms with van der Waals surface area (Å²) in [5, 5.41) is 17.2. The molecule has 2 bridgehead atoms. The summed E-state index contributed by atoms with van der Waals surface area (Å²) < 4.78 is 13.1. The van der Waals surface area contributed by atoms with Gasteiger partial charge in [0.25, 0.3) is 0 Å². The number of aliphatic carboxylic acids is 1. The van der Waals surface area contributed by atoms with Gasteiger partial charge in [0.2, 0.25) is 17.7 Å². The molecule has 1 heterocycles. The first-order valence-electron chi connectivity index (χ1n) is 24.9. The maximum Gasteiger partial charge on any atom is 0.461 e. The minimum absolute atomic E-state index is 0.0345. The molecule has 372 valence electrons. The van der Waals surface area contributed by atoms with E-state index in [4.69, 9.17) is 20.8 Å². The molecule has 68 heavy (non-hydrogen) atoms. The molecule has 1 saturated heterocycles. The van der Waals surface area contributed by atoms with Crippen LogP contribution in [0.1, 0.15) is 141 Å². The van der Waals surface area contributed by atoms with E-state index in [1.807, 2.05) is 19.1 Å². The van der Waals surface area contributed by atoms with E-state index in [0.717, 1.165) is 43.2 Å². The fourth-order valence-electron chi connectivity index (χ4n) is 10.3. The molecule has 0 aromatic heterocycles. The molecule has 10 atom stereocenters. The first-order valence-corrected chi connectivity index (χ1v) is 24.9. The van der Waals surface area contributed by atoms with Crippen molar-refractivity contribution in [3.8, 4) is 11.1 Å². The van der Waals surface area contributed by atoms with Gasteiger partial charge >= 0.3 is 13.1 Å². The third kappa shape index (κ3) is 13.5. The standard InChI is InChI=1S/C52H76BN5O10/c1-8-9-12-34-14-16-35(17-15-34)36-18-20-37(21-19-36)42(59)27-38(30-55)49(64)58-41(22-23-47(62)56-33(4)50(65)66)43(60)25-31(2)48(63)57-40(13-10-11-24-54)44(61)26-32(3)53-67-46-29-39-28-45(51(39,5)6)52(46,7)68-53/h14-21,31-33,38-41,45-46H,8-13,22-30,54-55H2,1-7H3,(H,56,62)(H,57,63)(H,58,64)(H,65,66)/t31-,32-,33-,38+,39+,40+,41+,45+,46?,52+/m1/s1. The SMILES string of the molecule is CCCCc1ccc(-c2ccc(C(=O)C[C@@H](CN)C(=O)N[C@@H](CCC(=O)N[C@H](C)C(=O)O)C(=O)C[C@@H](C)C(=O)N[C@@H](CCCCN)C(=O)C[C@@H](C)B3OC4C[C@@H]5C[C@@H](C5(C)C)[C@]4(C)O3)cc2)cc1. The van der Waals surface area contributed by atoms with E-state index < -0.39 is 72.2 Å². The Hall–Kier alpha value is -4.77. The summed E-state index contributed by atoms with van der Waals surface area (Å²) in [6.45, 7) is 13.8. The van der Waals surface area contributed by atoms with Gasteiger partial charge in [0.1, 0.15) is 6.04 Å². The lowest BCUT2D eigenvalue weighted by Gasteiger charge is -2.64. The van der Waals surface area contributed by atoms with Gasteiger partial charge in [0, 0.05) is 43.7 Å². The molecule has 1 aliphatic heterocycles. The van der Waals surface area contributed by atoms with Crippen LogP contribution in [0.3, 0.4) is 0 Å². The number of unbranched alkanes of at least 4 members (excludes halogenated alkanes) is 2. The second-order valence-electron chi connectivity index (χ2n) is 20.6. The predicted octanol–water partition coefficient (Wildman–Crippen LogP) is 5.98. The number of hydrogen-bond donors (Lipinski definition) is 6. The topological polar surface area (TPSA) is 246 Å². The monoisotopic (exact) mass is 942 g/mol. The summed E-state index contributed by atoms with van der Waals surface area (Å²) in [5.74, 6) is -5.51. The van der Waals surface area contributed by atoms with Crippen LogP contribution in [-0.2, 0) is 44.5 Å². The van der Waals surface area contributed by atoms with Crippen molar-refractivity contribution in [2.24, 2.45) is 40.6 Å². The van der Waals surface area contributed by atoms with Crippen molar-refractivity contribution in [3.05, 3.63) is 59.7 Å². The summed E-state index contributed by atoms with van der Waals surface area (Å²) in [6.07, 6.45) is 5.78. The van der Waals surface area contributed by atoms with Crippen LogP contribution in [0.15, 0.2) is 48.5 Å². The fraction of sp³-hybridized carbons (Fsp3) is 0.635. The van der Waals surface area contributed by atoms with Crippen molar-refractivity contribution in [2.45, 2.75) is 168 Å². The largest absolute Gasteiger partial charge is 0.480 e. The molecule has 15 nitrogen and oxygen atoms in total.